The summed E-state index contributed by atoms with van der Waals surface area (Å²) in [6.07, 6.45) is 1.61. The molecular formula is C7H13NO3. The lowest BCUT2D eigenvalue weighted by Gasteiger charge is -2.09. The molecule has 0 amide bonds. The van der Waals surface area contributed by atoms with Crippen LogP contribution in [0.25, 0.3) is 0 Å². The van der Waals surface area contributed by atoms with Crippen LogP contribution in [0.15, 0.2) is 0 Å². The van der Waals surface area contributed by atoms with Crippen LogP contribution in [0.4, 0.5) is 0 Å². The lowest BCUT2D eigenvalue weighted by atomic mass is 10.2. The number of carboxylic acid groups (broad SMARTS) is 1. The van der Waals surface area contributed by atoms with Crippen molar-refractivity contribution in [2.75, 3.05) is 13.7 Å². The van der Waals surface area contributed by atoms with E-state index in [1.54, 1.807) is 7.11 Å². The number of hydrogen-bond donors (Lipinski definition) is 2. The molecule has 0 unspecified atom stereocenters. The molecule has 0 bridgehead atoms. The van der Waals surface area contributed by atoms with Gasteiger partial charge in [-0.05, 0) is 12.8 Å². The molecular weight excluding hydrogens is 146 g/mol. The van der Waals surface area contributed by atoms with Gasteiger partial charge in [0.25, 0.3) is 0 Å². The maximum Gasteiger partial charge on any atom is 0.320 e. The van der Waals surface area contributed by atoms with Gasteiger partial charge in [-0.1, -0.05) is 0 Å². The van der Waals surface area contributed by atoms with Crippen LogP contribution in [0.5, 0.6) is 0 Å². The summed E-state index contributed by atoms with van der Waals surface area (Å²) in [6, 6.07) is -0.142. The Morgan fingerprint density at radius 1 is 1.73 bits per heavy atom. The van der Waals surface area contributed by atoms with Gasteiger partial charge < -0.3 is 9.84 Å². The number of hydrogen-bond acceptors (Lipinski definition) is 3. The zero-order valence-corrected chi connectivity index (χ0v) is 6.54. The summed E-state index contributed by atoms with van der Waals surface area (Å²) in [5, 5.41) is 11.6. The second kappa shape index (κ2) is 3.69. The third kappa shape index (κ3) is 2.17. The molecule has 1 aliphatic heterocycles. The molecule has 0 aliphatic carbocycles. The molecule has 1 heterocycles. The van der Waals surface area contributed by atoms with Crippen molar-refractivity contribution in [1.29, 1.82) is 0 Å². The smallest absolute Gasteiger partial charge is 0.320 e. The van der Waals surface area contributed by atoms with E-state index in [4.69, 9.17) is 9.84 Å². The largest absolute Gasteiger partial charge is 0.480 e. The molecule has 0 saturated carbocycles. The van der Waals surface area contributed by atoms with Gasteiger partial charge >= 0.3 is 5.97 Å². The van der Waals surface area contributed by atoms with Crippen molar-refractivity contribution in [3.05, 3.63) is 0 Å². The molecule has 0 spiro atoms. The highest BCUT2D eigenvalue weighted by molar-refractivity contribution is 5.73. The van der Waals surface area contributed by atoms with E-state index in [1.807, 2.05) is 0 Å². The fraction of sp³-hybridized carbons (Fsp3) is 0.857. The predicted octanol–water partition coefficient (Wildman–Crippen LogP) is -0.162. The topological polar surface area (TPSA) is 58.6 Å². The molecule has 0 aromatic heterocycles. The maximum absolute atomic E-state index is 10.4. The van der Waals surface area contributed by atoms with E-state index in [0.29, 0.717) is 13.0 Å². The van der Waals surface area contributed by atoms with Gasteiger partial charge in [0, 0.05) is 13.2 Å². The van der Waals surface area contributed by atoms with Gasteiger partial charge in [-0.25, -0.2) is 0 Å². The highest BCUT2D eigenvalue weighted by Crippen LogP contribution is 2.12. The molecule has 1 rings (SSSR count). The first-order valence-electron chi connectivity index (χ1n) is 3.72. The molecule has 11 heavy (non-hydrogen) atoms. The van der Waals surface area contributed by atoms with Crippen molar-refractivity contribution in [3.63, 3.8) is 0 Å². The molecule has 1 aliphatic rings. The van der Waals surface area contributed by atoms with Gasteiger partial charge in [0.2, 0.25) is 0 Å². The summed E-state index contributed by atoms with van der Waals surface area (Å²) in [5.41, 5.74) is 0. The van der Waals surface area contributed by atoms with Gasteiger partial charge in [-0.15, -0.1) is 0 Å². The van der Waals surface area contributed by atoms with E-state index in [-0.39, 0.29) is 12.1 Å². The van der Waals surface area contributed by atoms with Crippen LogP contribution < -0.4 is 5.32 Å². The highest BCUT2D eigenvalue weighted by Gasteiger charge is 2.28. The van der Waals surface area contributed by atoms with E-state index in [1.165, 1.54) is 0 Å². The van der Waals surface area contributed by atoms with Crippen LogP contribution in [0.3, 0.4) is 0 Å². The molecule has 1 saturated heterocycles. The Labute approximate surface area is 65.5 Å². The number of nitrogens with one attached hydrogen (secondary N) is 1. The molecule has 2 atom stereocenters. The van der Waals surface area contributed by atoms with Gasteiger partial charge in [0.1, 0.15) is 6.04 Å². The third-order valence-corrected chi connectivity index (χ3v) is 1.91. The first kappa shape index (κ1) is 8.49. The molecule has 0 aromatic rings. The van der Waals surface area contributed by atoms with Crippen LogP contribution in [0, 0.1) is 0 Å². The third-order valence-electron chi connectivity index (χ3n) is 1.91. The van der Waals surface area contributed by atoms with E-state index in [9.17, 15) is 4.79 Å². The van der Waals surface area contributed by atoms with Crippen molar-refractivity contribution in [2.45, 2.75) is 24.9 Å². The Morgan fingerprint density at radius 2 is 2.45 bits per heavy atom. The normalized spacial score (nSPS) is 30.6. The summed E-state index contributed by atoms with van der Waals surface area (Å²) in [5.74, 6) is -0.761. The maximum atomic E-state index is 10.4. The number of carboxylic acids is 1. The minimum atomic E-state index is -0.761. The van der Waals surface area contributed by atoms with Crippen molar-refractivity contribution in [1.82, 2.24) is 5.32 Å². The fourth-order valence-electron chi connectivity index (χ4n) is 1.35. The van der Waals surface area contributed by atoms with Crippen LogP contribution in [-0.4, -0.2) is 36.9 Å². The number of carbonyl (C=O) groups is 1. The van der Waals surface area contributed by atoms with E-state index >= 15 is 0 Å². The second-order valence-electron chi connectivity index (χ2n) is 2.79. The lowest BCUT2D eigenvalue weighted by Crippen LogP contribution is -2.37. The summed E-state index contributed by atoms with van der Waals surface area (Å²) < 4.78 is 4.90. The number of ether oxygens (including phenoxy) is 1. The lowest BCUT2D eigenvalue weighted by molar-refractivity contribution is -0.139. The molecule has 2 N–H and O–H groups in total. The minimum Gasteiger partial charge on any atom is -0.480 e. The molecule has 4 nitrogen and oxygen atoms in total. The van der Waals surface area contributed by atoms with Crippen molar-refractivity contribution < 1.29 is 14.6 Å². The Bertz CT molecular complexity index is 149. The number of methoxy groups -OCH3 is 1. The zero-order chi connectivity index (χ0) is 8.27. The van der Waals surface area contributed by atoms with Gasteiger partial charge in [-0.2, -0.15) is 0 Å². The van der Waals surface area contributed by atoms with Crippen molar-refractivity contribution in [3.8, 4) is 0 Å². The van der Waals surface area contributed by atoms with E-state index < -0.39 is 5.97 Å². The molecule has 64 valence electrons. The molecule has 0 aromatic carbocycles. The Kier molecular flexibility index (Phi) is 2.84. The van der Waals surface area contributed by atoms with Gasteiger partial charge in [0.15, 0.2) is 0 Å². The second-order valence-corrected chi connectivity index (χ2v) is 2.79. The summed E-state index contributed by atoms with van der Waals surface area (Å²) in [4.78, 5) is 10.4. The molecule has 1 fully saturated rings. The van der Waals surface area contributed by atoms with Crippen molar-refractivity contribution in [2.24, 2.45) is 0 Å². The van der Waals surface area contributed by atoms with Crippen LogP contribution >= 0.6 is 0 Å². The van der Waals surface area contributed by atoms with E-state index in [2.05, 4.69) is 5.32 Å². The summed E-state index contributed by atoms with van der Waals surface area (Å²) >= 11 is 0. The predicted molar refractivity (Wildman–Crippen MR) is 39.5 cm³/mol. The van der Waals surface area contributed by atoms with Crippen LogP contribution in [0.2, 0.25) is 0 Å². The van der Waals surface area contributed by atoms with Gasteiger partial charge in [0.05, 0.1) is 6.61 Å². The fourth-order valence-corrected chi connectivity index (χ4v) is 1.35. The summed E-state index contributed by atoms with van der Waals surface area (Å²) in [6.45, 7) is 0.601. The van der Waals surface area contributed by atoms with Crippen molar-refractivity contribution >= 4 is 5.97 Å². The Morgan fingerprint density at radius 3 is 2.91 bits per heavy atom. The van der Waals surface area contributed by atoms with Crippen LogP contribution in [0.1, 0.15) is 12.8 Å². The molecule has 4 heteroatoms. The van der Waals surface area contributed by atoms with Crippen LogP contribution in [-0.2, 0) is 9.53 Å². The molecule has 0 radical (unpaired) electrons. The quantitative estimate of drug-likeness (QED) is 0.600. The summed E-state index contributed by atoms with van der Waals surface area (Å²) in [7, 11) is 1.62. The standard InChI is InChI=1S/C7H13NO3/c1-11-4-5-2-3-6(8-5)7(9)10/h5-6,8H,2-4H2,1H3,(H,9,10)/t5-,6+/m0/s1. The monoisotopic (exact) mass is 159 g/mol. The van der Waals surface area contributed by atoms with E-state index in [0.717, 1.165) is 6.42 Å². The first-order valence-corrected chi connectivity index (χ1v) is 3.72. The SMILES string of the molecule is COC[C@@H]1CC[C@H](C(=O)O)N1. The first-order chi connectivity index (χ1) is 5.24. The number of aliphatic carboxylic acids is 1. The average Bonchev–Trinajstić information content (AvgIpc) is 2.37. The minimum absolute atomic E-state index is 0.223. The zero-order valence-electron chi connectivity index (χ0n) is 6.54. The Hall–Kier alpha value is -0.610. The number of rotatable bonds is 3. The van der Waals surface area contributed by atoms with Gasteiger partial charge in [-0.3, -0.25) is 10.1 Å². The highest BCUT2D eigenvalue weighted by atomic mass is 16.5. The Balaban J connectivity index is 2.29. The average molecular weight is 159 g/mol.